The first-order valence-electron chi connectivity index (χ1n) is 7.47. The van der Waals surface area contributed by atoms with Gasteiger partial charge in [-0.15, -0.1) is 0 Å². The minimum atomic E-state index is -0.975. The molecule has 126 valence electrons. The minimum Gasteiger partial charge on any atom is -0.508 e. The average molecular weight is 328 g/mol. The molecule has 0 aromatic heterocycles. The molecule has 0 amide bonds. The van der Waals surface area contributed by atoms with Gasteiger partial charge in [-0.05, 0) is 56.5 Å². The number of aryl methyl sites for hydroxylation is 2. The van der Waals surface area contributed by atoms with Crippen LogP contribution in [0.5, 0.6) is 23.0 Å². The second-order valence-electron chi connectivity index (χ2n) is 5.74. The summed E-state index contributed by atoms with van der Waals surface area (Å²) in [6.45, 7) is 5.18. The molecular weight excluding hydrogens is 308 g/mol. The fourth-order valence-corrected chi connectivity index (χ4v) is 2.38. The summed E-state index contributed by atoms with van der Waals surface area (Å²) < 4.78 is 5.83. The van der Waals surface area contributed by atoms with Crippen molar-refractivity contribution < 1.29 is 24.9 Å². The summed E-state index contributed by atoms with van der Waals surface area (Å²) in [5, 5.41) is 28.5. The van der Waals surface area contributed by atoms with Gasteiger partial charge in [0.05, 0.1) is 0 Å². The van der Waals surface area contributed by atoms with Crippen LogP contribution < -0.4 is 4.74 Å². The number of aromatic hydroxyl groups is 2. The summed E-state index contributed by atoms with van der Waals surface area (Å²) in [4.78, 5) is 10.9. The van der Waals surface area contributed by atoms with Crippen LogP contribution in [0.4, 0.5) is 0 Å². The molecule has 0 saturated carbocycles. The molecular formula is C19H20O5. The highest BCUT2D eigenvalue weighted by Crippen LogP contribution is 2.34. The van der Waals surface area contributed by atoms with E-state index in [-0.39, 0.29) is 17.1 Å². The third kappa shape index (κ3) is 4.29. The van der Waals surface area contributed by atoms with Crippen molar-refractivity contribution in [3.63, 3.8) is 0 Å². The van der Waals surface area contributed by atoms with E-state index in [1.807, 2.05) is 13.8 Å². The predicted octanol–water partition coefficient (Wildman–Crippen LogP) is 4.08. The summed E-state index contributed by atoms with van der Waals surface area (Å²) in [6.07, 6.45) is 1.96. The van der Waals surface area contributed by atoms with Crippen molar-refractivity contribution in [2.45, 2.75) is 27.2 Å². The number of rotatable bonds is 5. The first-order chi connectivity index (χ1) is 11.3. The Hall–Kier alpha value is -2.95. The zero-order valence-corrected chi connectivity index (χ0v) is 13.8. The number of hydrogen-bond donors (Lipinski definition) is 3. The van der Waals surface area contributed by atoms with Gasteiger partial charge in [-0.25, -0.2) is 4.79 Å². The van der Waals surface area contributed by atoms with E-state index in [9.17, 15) is 15.0 Å². The van der Waals surface area contributed by atoms with Crippen LogP contribution in [0.1, 0.15) is 23.6 Å². The van der Waals surface area contributed by atoms with Gasteiger partial charge in [0.1, 0.15) is 23.0 Å². The van der Waals surface area contributed by atoms with Crippen molar-refractivity contribution in [1.29, 1.82) is 0 Å². The lowest BCUT2D eigenvalue weighted by molar-refractivity contribution is -0.132. The van der Waals surface area contributed by atoms with Crippen molar-refractivity contribution in [3.05, 3.63) is 58.7 Å². The SMILES string of the molecule is C/C(=C/Cc1c(C)cc(O)cc1Oc1cc(C)cc(O)c1)C(=O)O. The number of benzene rings is 2. The van der Waals surface area contributed by atoms with E-state index in [1.165, 1.54) is 19.1 Å². The molecule has 0 saturated heterocycles. The molecule has 0 spiro atoms. The molecule has 0 fully saturated rings. The third-order valence-electron chi connectivity index (χ3n) is 3.63. The predicted molar refractivity (Wildman–Crippen MR) is 90.9 cm³/mol. The van der Waals surface area contributed by atoms with Crippen LogP contribution in [0, 0.1) is 13.8 Å². The van der Waals surface area contributed by atoms with E-state index in [1.54, 1.807) is 24.3 Å². The number of hydrogen-bond acceptors (Lipinski definition) is 4. The number of aliphatic carboxylic acids is 1. The minimum absolute atomic E-state index is 0.0575. The summed E-state index contributed by atoms with van der Waals surface area (Å²) in [5.74, 6) is 0.0363. The fourth-order valence-electron chi connectivity index (χ4n) is 2.38. The van der Waals surface area contributed by atoms with Crippen LogP contribution in [-0.4, -0.2) is 21.3 Å². The number of carboxylic acid groups (broad SMARTS) is 1. The lowest BCUT2D eigenvalue weighted by Gasteiger charge is -2.14. The van der Waals surface area contributed by atoms with Crippen molar-refractivity contribution in [2.75, 3.05) is 0 Å². The standard InChI is InChI=1S/C19H20O5/c1-11-6-14(20)9-16(7-11)24-18-10-15(21)8-13(3)17(18)5-4-12(2)19(22)23/h4,6-10,20-21H,5H2,1-3H3,(H,22,23)/b12-4-. The van der Waals surface area contributed by atoms with Crippen molar-refractivity contribution in [1.82, 2.24) is 0 Å². The second-order valence-corrected chi connectivity index (χ2v) is 5.74. The molecule has 2 rings (SSSR count). The average Bonchev–Trinajstić information content (AvgIpc) is 2.44. The Morgan fingerprint density at radius 2 is 1.75 bits per heavy atom. The Morgan fingerprint density at radius 3 is 2.38 bits per heavy atom. The van der Waals surface area contributed by atoms with Crippen molar-refractivity contribution in [3.8, 4) is 23.0 Å². The molecule has 5 nitrogen and oxygen atoms in total. The summed E-state index contributed by atoms with van der Waals surface area (Å²) >= 11 is 0. The van der Waals surface area contributed by atoms with Crippen LogP contribution in [0.3, 0.4) is 0 Å². The normalized spacial score (nSPS) is 11.4. The maximum atomic E-state index is 10.9. The molecule has 0 aliphatic carbocycles. The molecule has 0 atom stereocenters. The monoisotopic (exact) mass is 328 g/mol. The smallest absolute Gasteiger partial charge is 0.330 e. The maximum absolute atomic E-state index is 10.9. The molecule has 3 N–H and O–H groups in total. The van der Waals surface area contributed by atoms with Crippen molar-refractivity contribution >= 4 is 5.97 Å². The second kappa shape index (κ2) is 7.08. The highest BCUT2D eigenvalue weighted by atomic mass is 16.5. The molecule has 0 heterocycles. The van der Waals surface area contributed by atoms with Gasteiger partial charge < -0.3 is 20.1 Å². The molecule has 0 aliphatic heterocycles. The number of allylic oxidation sites excluding steroid dienone is 1. The number of carbonyl (C=O) groups is 1. The topological polar surface area (TPSA) is 87.0 Å². The Morgan fingerprint density at radius 1 is 1.08 bits per heavy atom. The summed E-state index contributed by atoms with van der Waals surface area (Å²) in [7, 11) is 0. The van der Waals surface area contributed by atoms with Crippen LogP contribution in [-0.2, 0) is 11.2 Å². The van der Waals surface area contributed by atoms with E-state index in [0.717, 1.165) is 16.7 Å². The van der Waals surface area contributed by atoms with Gasteiger partial charge in [-0.1, -0.05) is 6.08 Å². The maximum Gasteiger partial charge on any atom is 0.330 e. The fraction of sp³-hybridized carbons (Fsp3) is 0.211. The van der Waals surface area contributed by atoms with Crippen LogP contribution in [0.25, 0.3) is 0 Å². The van der Waals surface area contributed by atoms with Gasteiger partial charge in [-0.3, -0.25) is 0 Å². The molecule has 0 bridgehead atoms. The van der Waals surface area contributed by atoms with Gasteiger partial charge in [0.15, 0.2) is 0 Å². The van der Waals surface area contributed by atoms with Gasteiger partial charge in [0, 0.05) is 23.3 Å². The van der Waals surface area contributed by atoms with Crippen LogP contribution in [0.2, 0.25) is 0 Å². The van der Waals surface area contributed by atoms with Crippen LogP contribution >= 0.6 is 0 Å². The molecule has 24 heavy (non-hydrogen) atoms. The number of phenolic OH excluding ortho intramolecular Hbond substituents is 2. The van der Waals surface area contributed by atoms with Gasteiger partial charge in [0.25, 0.3) is 0 Å². The third-order valence-corrected chi connectivity index (χ3v) is 3.63. The Bertz CT molecular complexity index is 785. The highest BCUT2D eigenvalue weighted by molar-refractivity contribution is 5.85. The van der Waals surface area contributed by atoms with E-state index in [4.69, 9.17) is 9.84 Å². The lowest BCUT2D eigenvalue weighted by Crippen LogP contribution is -1.99. The molecule has 0 unspecified atom stereocenters. The summed E-state index contributed by atoms with van der Waals surface area (Å²) in [6, 6.07) is 7.93. The molecule has 2 aromatic carbocycles. The molecule has 2 aromatic rings. The highest BCUT2D eigenvalue weighted by Gasteiger charge is 2.11. The van der Waals surface area contributed by atoms with Crippen LogP contribution in [0.15, 0.2) is 42.0 Å². The van der Waals surface area contributed by atoms with E-state index >= 15 is 0 Å². The van der Waals surface area contributed by atoms with Crippen molar-refractivity contribution in [2.24, 2.45) is 0 Å². The number of phenols is 2. The zero-order chi connectivity index (χ0) is 17.9. The first-order valence-corrected chi connectivity index (χ1v) is 7.47. The van der Waals surface area contributed by atoms with E-state index in [2.05, 4.69) is 0 Å². The number of ether oxygens (including phenoxy) is 1. The molecule has 0 aliphatic rings. The van der Waals surface area contributed by atoms with E-state index in [0.29, 0.717) is 17.9 Å². The molecule has 0 radical (unpaired) electrons. The Labute approximate surface area is 140 Å². The largest absolute Gasteiger partial charge is 0.508 e. The van der Waals surface area contributed by atoms with E-state index < -0.39 is 5.97 Å². The first kappa shape index (κ1) is 17.4. The lowest BCUT2D eigenvalue weighted by atomic mass is 10.0. The van der Waals surface area contributed by atoms with Gasteiger partial charge in [0.2, 0.25) is 0 Å². The zero-order valence-electron chi connectivity index (χ0n) is 13.8. The molecule has 5 heteroatoms. The Kier molecular flexibility index (Phi) is 5.14. The quantitative estimate of drug-likeness (QED) is 0.720. The van der Waals surface area contributed by atoms with Gasteiger partial charge in [-0.2, -0.15) is 0 Å². The summed E-state index contributed by atoms with van der Waals surface area (Å²) in [5.41, 5.74) is 2.64. The van der Waals surface area contributed by atoms with Gasteiger partial charge >= 0.3 is 5.97 Å². The number of carboxylic acids is 1. The Balaban J connectivity index is 2.41.